The van der Waals surface area contributed by atoms with Gasteiger partial charge in [0.2, 0.25) is 23.6 Å². The van der Waals surface area contributed by atoms with Crippen LogP contribution in [0.2, 0.25) is 0 Å². The lowest BCUT2D eigenvalue weighted by atomic mass is 9.39. The number of hydrogen-bond acceptors (Lipinski definition) is 17. The van der Waals surface area contributed by atoms with Crippen molar-refractivity contribution < 1.29 is 61.1 Å². The molecule has 3 aromatic heterocycles. The molecule has 4 saturated carbocycles. The fourth-order valence-electron chi connectivity index (χ4n) is 15.6. The highest BCUT2D eigenvalue weighted by Gasteiger charge is 2.66. The third kappa shape index (κ3) is 18.0. The quantitative estimate of drug-likeness (QED) is 0.00873. The van der Waals surface area contributed by atoms with Crippen LogP contribution in [0.5, 0.6) is 0 Å². The highest BCUT2D eigenvalue weighted by atomic mass is 35.5. The Morgan fingerprint density at radius 3 is 2.29 bits per heavy atom. The van der Waals surface area contributed by atoms with Gasteiger partial charge in [0.15, 0.2) is 10.8 Å². The molecule has 0 radical (unpaired) electrons. The van der Waals surface area contributed by atoms with Crippen molar-refractivity contribution in [3.63, 3.8) is 0 Å². The SMILES string of the molecule is Cc1c(-c2ccc(N3CCc4cccc(C(=O)Nc5nc6ccccc6s5)c4C3)nc2C(=O)O)cnn1CC12CC3(C)CC(C)(C1)CC(OCCN(CCS(=O)(=O)O)COCOCc1ccc(NC(=O)[C@H](C)NC(=O)[C@@H](NC(=O)CCCCCNC(=O)CCl)C(C)C)cc1)(C3)C2. The van der Waals surface area contributed by atoms with E-state index in [4.69, 9.17) is 35.9 Å². The molecule has 3 aromatic carbocycles. The lowest BCUT2D eigenvalue weighted by Crippen LogP contribution is -2.64. The number of ether oxygens (including phenoxy) is 3. The first-order valence-electron chi connectivity index (χ1n) is 32.8. The predicted molar refractivity (Wildman–Crippen MR) is 366 cm³/mol. The number of carbonyl (C=O) groups excluding carboxylic acids is 5. The summed E-state index contributed by atoms with van der Waals surface area (Å²) >= 11 is 6.91. The van der Waals surface area contributed by atoms with Crippen LogP contribution in [-0.4, -0.2) is 154 Å². The number of carboxylic acids is 1. The standard InChI is InChI=1S/C69H88ClN11O13S2/c1-44(2)59(77-57(82)17-8-7-11-25-71-58(83)31-70)63(86)73-45(3)61(84)74-49-20-18-47(19-21-49)34-92-43-93-42-79(28-30-96(89,90)91)27-29-94-69-38-66(5)35-67(6,39-69)37-68(36-66,40-69)41-81-46(4)52(32-72-81)50-22-23-56(76-60(50)64(87)88)80-26-24-48-13-12-14-51(53(48)33-80)62(85)78-65-75-54-15-9-10-16-55(54)95-65/h9-10,12-16,18-23,32,44-45,59H,7-8,11,17,24-31,33-43H2,1-6H3,(H,71,83)(H,73,86)(H,74,84)(H,77,82)(H,87,88)(H,75,78,85)(H,89,90,91)/t45-,59-,66?,67?,68?,69?/m0/s1. The zero-order valence-corrected chi connectivity index (χ0v) is 57.7. The van der Waals surface area contributed by atoms with E-state index in [1.165, 1.54) is 11.3 Å². The molecule has 4 heterocycles. The zero-order valence-electron chi connectivity index (χ0n) is 55.3. The van der Waals surface area contributed by atoms with E-state index in [1.807, 2.05) is 65.0 Å². The third-order valence-electron chi connectivity index (χ3n) is 18.9. The van der Waals surface area contributed by atoms with Crippen molar-refractivity contribution in [2.75, 3.05) is 73.5 Å². The number of aromatic nitrogens is 4. The minimum atomic E-state index is -4.30. The van der Waals surface area contributed by atoms with Crippen LogP contribution in [0, 0.1) is 29.1 Å². The van der Waals surface area contributed by atoms with E-state index in [0.29, 0.717) is 91.7 Å². The summed E-state index contributed by atoms with van der Waals surface area (Å²) in [6.07, 6.45) is 10.1. The second-order valence-corrected chi connectivity index (χ2v) is 30.5. The van der Waals surface area contributed by atoms with Crippen LogP contribution >= 0.6 is 22.9 Å². The number of thiazole rings is 1. The van der Waals surface area contributed by atoms with Gasteiger partial charge in [-0.05, 0) is 153 Å². The summed E-state index contributed by atoms with van der Waals surface area (Å²) < 4.78 is 55.5. The van der Waals surface area contributed by atoms with Crippen LogP contribution < -0.4 is 31.5 Å². The number of rotatable bonds is 33. The molecule has 27 heteroatoms. The van der Waals surface area contributed by atoms with Crippen molar-refractivity contribution in [1.29, 1.82) is 0 Å². The summed E-state index contributed by atoms with van der Waals surface area (Å²) in [5.74, 6) is -3.26. The first-order valence-corrected chi connectivity index (χ1v) is 35.8. The maximum Gasteiger partial charge on any atom is 0.355 e. The molecule has 6 aromatic rings. The molecular formula is C69H88ClN11O13S2. The fraction of sp³-hybridized carbons (Fsp3) is 0.522. The fourth-order valence-corrected chi connectivity index (χ4v) is 17.1. The molecule has 4 bridgehead atoms. The summed E-state index contributed by atoms with van der Waals surface area (Å²) in [7, 11) is -4.30. The average Bonchev–Trinajstić information content (AvgIpc) is 0.917. The molecule has 0 spiro atoms. The molecule has 4 atom stereocenters. The first-order chi connectivity index (χ1) is 45.7. The van der Waals surface area contributed by atoms with Crippen molar-refractivity contribution in [3.05, 3.63) is 119 Å². The monoisotopic (exact) mass is 1380 g/mol. The van der Waals surface area contributed by atoms with E-state index >= 15 is 0 Å². The maximum absolute atomic E-state index is 13.8. The molecule has 1 aliphatic heterocycles. The number of pyridine rings is 1. The average molecular weight is 1380 g/mol. The lowest BCUT2D eigenvalue weighted by Gasteiger charge is -2.69. The largest absolute Gasteiger partial charge is 0.476 e. The van der Waals surface area contributed by atoms with Gasteiger partial charge in [0, 0.05) is 73.8 Å². The number of halogens is 1. The number of fused-ring (bicyclic) bond motifs is 2. The van der Waals surface area contributed by atoms with Gasteiger partial charge in [0.25, 0.3) is 16.0 Å². The van der Waals surface area contributed by atoms with Gasteiger partial charge < -0.3 is 45.5 Å². The summed E-state index contributed by atoms with van der Waals surface area (Å²) in [5.41, 5.74) is 5.69. The number of unbranched alkanes of at least 4 members (excludes halogenated alkanes) is 2. The van der Waals surface area contributed by atoms with E-state index in [9.17, 15) is 46.8 Å². The normalized spacial score (nSPS) is 21.0. The van der Waals surface area contributed by atoms with Gasteiger partial charge in [0.1, 0.15) is 37.3 Å². The molecule has 11 rings (SSSR count). The summed E-state index contributed by atoms with van der Waals surface area (Å²) in [6.45, 7) is 14.5. The summed E-state index contributed by atoms with van der Waals surface area (Å²) in [6, 6.07) is 22.3. The van der Waals surface area contributed by atoms with Gasteiger partial charge in [-0.3, -0.25) is 43.4 Å². The second kappa shape index (κ2) is 30.5. The van der Waals surface area contributed by atoms with E-state index in [1.54, 1.807) is 62.2 Å². The van der Waals surface area contributed by atoms with Crippen molar-refractivity contribution in [2.24, 2.45) is 22.2 Å². The van der Waals surface area contributed by atoms with Gasteiger partial charge in [-0.25, -0.2) is 14.8 Å². The van der Waals surface area contributed by atoms with E-state index in [0.717, 1.165) is 71.1 Å². The smallest absolute Gasteiger partial charge is 0.355 e. The van der Waals surface area contributed by atoms with Crippen LogP contribution in [0.15, 0.2) is 85.1 Å². The molecule has 4 fully saturated rings. The number of nitrogens with one attached hydrogen (secondary N) is 5. The van der Waals surface area contributed by atoms with Crippen molar-refractivity contribution in [1.82, 2.24) is 40.6 Å². The Kier molecular flexibility index (Phi) is 22.7. The van der Waals surface area contributed by atoms with Crippen molar-refractivity contribution in [2.45, 2.75) is 150 Å². The van der Waals surface area contributed by atoms with Crippen molar-refractivity contribution >= 4 is 95.4 Å². The van der Waals surface area contributed by atoms with Crippen LogP contribution in [0.3, 0.4) is 0 Å². The zero-order chi connectivity index (χ0) is 68.6. The van der Waals surface area contributed by atoms with Gasteiger partial charge in [0.05, 0.1) is 41.0 Å². The first kappa shape index (κ1) is 71.3. The minimum absolute atomic E-state index is 0.00220. The van der Waals surface area contributed by atoms with Crippen LogP contribution in [0.25, 0.3) is 21.3 Å². The van der Waals surface area contributed by atoms with Gasteiger partial charge in [-0.15, -0.1) is 11.6 Å². The van der Waals surface area contributed by atoms with Crippen LogP contribution in [0.1, 0.15) is 142 Å². The number of aromatic carboxylic acids is 1. The number of alkyl halides is 1. The molecule has 2 unspecified atom stereocenters. The lowest BCUT2D eigenvalue weighted by molar-refractivity contribution is -0.249. The number of benzene rings is 3. The summed E-state index contributed by atoms with van der Waals surface area (Å²) in [5, 5.41) is 30.2. The molecule has 4 aliphatic carbocycles. The second-order valence-electron chi connectivity index (χ2n) is 27.6. The summed E-state index contributed by atoms with van der Waals surface area (Å²) in [4.78, 5) is 90.5. The third-order valence-corrected chi connectivity index (χ3v) is 20.8. The van der Waals surface area contributed by atoms with Crippen LogP contribution in [-0.2, 0) is 69.6 Å². The van der Waals surface area contributed by atoms with Gasteiger partial charge >= 0.3 is 5.97 Å². The number of nitrogens with zero attached hydrogens (tertiary/aromatic N) is 6. The van der Waals surface area contributed by atoms with Crippen molar-refractivity contribution in [3.8, 4) is 11.1 Å². The Labute approximate surface area is 569 Å². The molecule has 96 heavy (non-hydrogen) atoms. The Morgan fingerprint density at radius 2 is 1.57 bits per heavy atom. The molecule has 7 N–H and O–H groups in total. The molecule has 0 saturated heterocycles. The maximum atomic E-state index is 13.8. The highest BCUT2D eigenvalue weighted by Crippen LogP contribution is 2.72. The van der Waals surface area contributed by atoms with Gasteiger partial charge in [-0.2, -0.15) is 13.5 Å². The number of amides is 5. The van der Waals surface area contributed by atoms with E-state index in [2.05, 4.69) is 45.4 Å². The molecule has 24 nitrogen and oxygen atoms in total. The Morgan fingerprint density at radius 1 is 0.812 bits per heavy atom. The Hall–Kier alpha value is -7.43. The topological polar surface area (TPSA) is 315 Å². The van der Waals surface area contributed by atoms with E-state index in [-0.39, 0.29) is 91.2 Å². The molecular weight excluding hydrogens is 1290 g/mol. The Balaban J connectivity index is 0.704. The number of carboxylic acid groups (broad SMARTS) is 1. The predicted octanol–water partition coefficient (Wildman–Crippen LogP) is 9.35. The molecule has 5 aliphatic rings. The molecule has 5 amide bonds. The molecule has 516 valence electrons. The minimum Gasteiger partial charge on any atom is -0.476 e. The number of carbonyl (C=O) groups is 6. The number of para-hydroxylation sites is 1. The highest BCUT2D eigenvalue weighted by molar-refractivity contribution is 7.85. The number of hydrogen-bond donors (Lipinski definition) is 7. The number of anilines is 3. The Bertz CT molecular complexity index is 3890. The van der Waals surface area contributed by atoms with Crippen LogP contribution in [0.4, 0.5) is 16.6 Å². The van der Waals surface area contributed by atoms with E-state index < -0.39 is 51.3 Å². The van der Waals surface area contributed by atoms with Gasteiger partial charge in [-0.1, -0.05) is 81.9 Å².